The highest BCUT2D eigenvalue weighted by atomic mass is 16.5. The summed E-state index contributed by atoms with van der Waals surface area (Å²) >= 11 is 0. The van der Waals surface area contributed by atoms with E-state index in [0.717, 1.165) is 6.42 Å². The van der Waals surface area contributed by atoms with Gasteiger partial charge in [0, 0.05) is 25.0 Å². The van der Waals surface area contributed by atoms with Gasteiger partial charge in [0.2, 0.25) is 5.43 Å². The van der Waals surface area contributed by atoms with Gasteiger partial charge in [0.15, 0.2) is 12.4 Å². The van der Waals surface area contributed by atoms with Gasteiger partial charge in [0.25, 0.3) is 5.91 Å². The number of aromatic nitrogens is 1. The van der Waals surface area contributed by atoms with Crippen LogP contribution in [0.5, 0.6) is 5.75 Å². The Morgan fingerprint density at radius 1 is 1.15 bits per heavy atom. The molecule has 0 unspecified atom stereocenters. The molecule has 0 atom stereocenters. The summed E-state index contributed by atoms with van der Waals surface area (Å²) in [6, 6.07) is 7.74. The van der Waals surface area contributed by atoms with E-state index in [-0.39, 0.29) is 17.8 Å². The fourth-order valence-electron chi connectivity index (χ4n) is 2.18. The van der Waals surface area contributed by atoms with Crippen molar-refractivity contribution < 1.29 is 19.1 Å². The number of benzene rings is 1. The van der Waals surface area contributed by atoms with Crippen LogP contribution in [0.3, 0.4) is 0 Å². The Hall–Kier alpha value is -3.09. The molecule has 0 aliphatic heterocycles. The summed E-state index contributed by atoms with van der Waals surface area (Å²) in [7, 11) is 1.79. The summed E-state index contributed by atoms with van der Waals surface area (Å²) in [5.74, 6) is -0.653. The van der Waals surface area contributed by atoms with Crippen molar-refractivity contribution in [2.45, 2.75) is 20.3 Å². The van der Waals surface area contributed by atoms with Gasteiger partial charge in [-0.25, -0.2) is 4.79 Å². The summed E-state index contributed by atoms with van der Waals surface area (Å²) in [6.07, 6.45) is 2.39. The van der Waals surface area contributed by atoms with Crippen LogP contribution < -0.4 is 15.5 Å². The molecule has 0 fully saturated rings. The summed E-state index contributed by atoms with van der Waals surface area (Å²) in [4.78, 5) is 35.6. The van der Waals surface area contributed by atoms with E-state index in [4.69, 9.17) is 9.47 Å². The minimum absolute atomic E-state index is 0.152. The topological polar surface area (TPSA) is 86.6 Å². The first kappa shape index (κ1) is 19.2. The lowest BCUT2D eigenvalue weighted by atomic mass is 10.2. The molecule has 0 radical (unpaired) electrons. The van der Waals surface area contributed by atoms with E-state index in [0.29, 0.717) is 23.6 Å². The molecule has 1 N–H and O–H groups in total. The molecule has 1 aromatic heterocycles. The smallest absolute Gasteiger partial charge is 0.338 e. The normalized spacial score (nSPS) is 10.3. The number of amides is 1. The average molecular weight is 358 g/mol. The summed E-state index contributed by atoms with van der Waals surface area (Å²) < 4.78 is 12.2. The highest BCUT2D eigenvalue weighted by molar-refractivity contribution is 5.93. The number of ether oxygens (including phenoxy) is 2. The molecule has 1 heterocycles. The Morgan fingerprint density at radius 3 is 2.50 bits per heavy atom. The van der Waals surface area contributed by atoms with E-state index in [2.05, 4.69) is 5.32 Å². The van der Waals surface area contributed by atoms with E-state index < -0.39 is 11.9 Å². The number of anilines is 1. The Balaban J connectivity index is 1.93. The molecule has 26 heavy (non-hydrogen) atoms. The van der Waals surface area contributed by atoms with Crippen LogP contribution in [0.25, 0.3) is 0 Å². The molecule has 2 rings (SSSR count). The molecule has 2 aromatic rings. The molecular weight excluding hydrogens is 336 g/mol. The maximum absolute atomic E-state index is 12.0. The van der Waals surface area contributed by atoms with Crippen molar-refractivity contribution in [3.8, 4) is 5.75 Å². The predicted molar refractivity (Wildman–Crippen MR) is 97.6 cm³/mol. The van der Waals surface area contributed by atoms with Crippen molar-refractivity contribution in [3.63, 3.8) is 0 Å². The van der Waals surface area contributed by atoms with E-state index in [1.165, 1.54) is 6.07 Å². The fraction of sp³-hybridized carbons (Fsp3) is 0.316. The summed E-state index contributed by atoms with van der Waals surface area (Å²) in [6.45, 7) is 3.74. The first-order valence-corrected chi connectivity index (χ1v) is 8.28. The van der Waals surface area contributed by atoms with E-state index in [1.807, 2.05) is 6.92 Å². The number of nitrogens with one attached hydrogen (secondary N) is 1. The second-order valence-electron chi connectivity index (χ2n) is 5.76. The highest BCUT2D eigenvalue weighted by Crippen LogP contribution is 2.12. The van der Waals surface area contributed by atoms with Crippen LogP contribution in [0.15, 0.2) is 41.3 Å². The first-order chi connectivity index (χ1) is 12.4. The van der Waals surface area contributed by atoms with E-state index in [1.54, 1.807) is 49.0 Å². The molecule has 7 heteroatoms. The summed E-state index contributed by atoms with van der Waals surface area (Å²) in [5.41, 5.74) is 1.29. The van der Waals surface area contributed by atoms with Crippen LogP contribution in [0.1, 0.15) is 29.4 Å². The van der Waals surface area contributed by atoms with Gasteiger partial charge in [-0.1, -0.05) is 6.92 Å². The minimum Gasteiger partial charge on any atom is -0.478 e. The standard InChI is InChI=1S/C19H22N2O5/c1-4-11-25-19(24)14-5-7-15(8-6-14)20-17(23)12-26-18-13(2)21(3)10-9-16(18)22/h5-10H,4,11-12H2,1-3H3,(H,20,23). The quantitative estimate of drug-likeness (QED) is 0.768. The van der Waals surface area contributed by atoms with Gasteiger partial charge in [-0.3, -0.25) is 9.59 Å². The monoisotopic (exact) mass is 358 g/mol. The minimum atomic E-state index is -0.406. The molecule has 0 aliphatic rings. The predicted octanol–water partition coefficient (Wildman–Crippen LogP) is 2.28. The van der Waals surface area contributed by atoms with Gasteiger partial charge < -0.3 is 19.4 Å². The van der Waals surface area contributed by atoms with Gasteiger partial charge in [0.1, 0.15) is 0 Å². The van der Waals surface area contributed by atoms with Crippen molar-refractivity contribution in [3.05, 3.63) is 58.0 Å². The van der Waals surface area contributed by atoms with Gasteiger partial charge in [-0.2, -0.15) is 0 Å². The Labute approximate surface area is 151 Å². The molecule has 0 aliphatic carbocycles. The number of aryl methyl sites for hydroxylation is 1. The van der Waals surface area contributed by atoms with Crippen LogP contribution in [-0.4, -0.2) is 29.7 Å². The number of carbonyl (C=O) groups excluding carboxylic acids is 2. The SMILES string of the molecule is CCCOC(=O)c1ccc(NC(=O)COc2c(C)n(C)ccc2=O)cc1. The third kappa shape index (κ3) is 4.95. The lowest BCUT2D eigenvalue weighted by molar-refractivity contribution is -0.118. The maximum Gasteiger partial charge on any atom is 0.338 e. The van der Waals surface area contributed by atoms with Crippen LogP contribution in [0.2, 0.25) is 0 Å². The molecule has 7 nitrogen and oxygen atoms in total. The molecule has 0 saturated heterocycles. The molecular formula is C19H22N2O5. The Morgan fingerprint density at radius 2 is 1.85 bits per heavy atom. The van der Waals surface area contributed by atoms with Crippen LogP contribution in [-0.2, 0) is 16.6 Å². The van der Waals surface area contributed by atoms with Crippen LogP contribution in [0, 0.1) is 6.92 Å². The van der Waals surface area contributed by atoms with Crippen molar-refractivity contribution >= 4 is 17.6 Å². The van der Waals surface area contributed by atoms with Gasteiger partial charge in [-0.05, 0) is 37.6 Å². The maximum atomic E-state index is 12.0. The fourth-order valence-corrected chi connectivity index (χ4v) is 2.18. The highest BCUT2D eigenvalue weighted by Gasteiger charge is 2.11. The largest absolute Gasteiger partial charge is 0.478 e. The first-order valence-electron chi connectivity index (χ1n) is 8.28. The second-order valence-corrected chi connectivity index (χ2v) is 5.76. The van der Waals surface area contributed by atoms with Crippen molar-refractivity contribution in [1.29, 1.82) is 0 Å². The third-order valence-electron chi connectivity index (χ3n) is 3.72. The molecule has 1 aromatic carbocycles. The van der Waals surface area contributed by atoms with Crippen molar-refractivity contribution in [1.82, 2.24) is 4.57 Å². The van der Waals surface area contributed by atoms with Gasteiger partial charge >= 0.3 is 5.97 Å². The zero-order valence-electron chi connectivity index (χ0n) is 15.1. The molecule has 0 saturated carbocycles. The van der Waals surface area contributed by atoms with Crippen LogP contribution in [0.4, 0.5) is 5.69 Å². The number of pyridine rings is 1. The van der Waals surface area contributed by atoms with Crippen molar-refractivity contribution in [2.75, 3.05) is 18.5 Å². The van der Waals surface area contributed by atoms with Crippen molar-refractivity contribution in [2.24, 2.45) is 7.05 Å². The number of esters is 1. The summed E-state index contributed by atoms with van der Waals surface area (Å²) in [5, 5.41) is 2.65. The van der Waals surface area contributed by atoms with Gasteiger partial charge in [-0.15, -0.1) is 0 Å². The second kappa shape index (κ2) is 8.84. The van der Waals surface area contributed by atoms with E-state index >= 15 is 0 Å². The Kier molecular flexibility index (Phi) is 6.54. The van der Waals surface area contributed by atoms with E-state index in [9.17, 15) is 14.4 Å². The molecule has 0 spiro atoms. The average Bonchev–Trinajstić information content (AvgIpc) is 2.63. The zero-order valence-corrected chi connectivity index (χ0v) is 15.1. The molecule has 1 amide bonds. The van der Waals surface area contributed by atoms with Crippen LogP contribution >= 0.6 is 0 Å². The molecule has 138 valence electrons. The zero-order chi connectivity index (χ0) is 19.1. The Bertz CT molecular complexity index is 840. The lowest BCUT2D eigenvalue weighted by Gasteiger charge is -2.11. The van der Waals surface area contributed by atoms with Gasteiger partial charge in [0.05, 0.1) is 17.9 Å². The number of rotatable bonds is 7. The third-order valence-corrected chi connectivity index (χ3v) is 3.72. The number of hydrogen-bond donors (Lipinski definition) is 1. The lowest BCUT2D eigenvalue weighted by Crippen LogP contribution is -2.23. The number of hydrogen-bond acceptors (Lipinski definition) is 5. The molecule has 0 bridgehead atoms. The number of carbonyl (C=O) groups is 2. The number of nitrogens with zero attached hydrogens (tertiary/aromatic N) is 1.